The molecule has 1 heterocycles. The molecule has 3 aromatic carbocycles. The number of furan rings is 1. The van der Waals surface area contributed by atoms with Gasteiger partial charge in [-0.05, 0) is 35.9 Å². The fraction of sp³-hybridized carbons (Fsp3) is 0.0400. The molecule has 0 aliphatic heterocycles. The minimum absolute atomic E-state index is 0.105. The summed E-state index contributed by atoms with van der Waals surface area (Å²) < 4.78 is 10.9. The number of benzene rings is 3. The van der Waals surface area contributed by atoms with Crippen LogP contribution in [0.15, 0.2) is 89.4 Å². The van der Waals surface area contributed by atoms with Crippen LogP contribution in [0.5, 0.6) is 5.75 Å². The number of hydrogen-bond acceptors (Lipinski definition) is 4. The molecule has 4 rings (SSSR count). The van der Waals surface area contributed by atoms with Gasteiger partial charge < -0.3 is 14.5 Å². The number of para-hydroxylation sites is 1. The number of nitrogens with one attached hydrogen (secondary N) is 1. The zero-order chi connectivity index (χ0) is 20.9. The smallest absolute Gasteiger partial charge is 0.248 e. The number of fused-ring (bicyclic) bond motifs is 1. The Morgan fingerprint density at radius 1 is 0.900 bits per heavy atom. The maximum Gasteiger partial charge on any atom is 0.248 e. The lowest BCUT2D eigenvalue weighted by Gasteiger charge is -2.04. The number of carbonyl (C=O) groups is 2. The Balaban J connectivity index is 1.63. The van der Waals surface area contributed by atoms with Gasteiger partial charge >= 0.3 is 0 Å². The van der Waals surface area contributed by atoms with Crippen LogP contribution in [0.4, 0.5) is 5.69 Å². The molecule has 1 amide bonds. The fourth-order valence-electron chi connectivity index (χ4n) is 3.10. The molecule has 0 radical (unpaired) electrons. The number of methoxy groups -OCH3 is 1. The lowest BCUT2D eigenvalue weighted by atomic mass is 10.1. The molecular formula is C25H19NO4. The number of rotatable bonds is 6. The highest BCUT2D eigenvalue weighted by molar-refractivity contribution is 6.18. The van der Waals surface area contributed by atoms with Gasteiger partial charge in [0.05, 0.1) is 12.8 Å². The molecule has 148 valence electrons. The van der Waals surface area contributed by atoms with Crippen molar-refractivity contribution in [3.05, 3.63) is 102 Å². The van der Waals surface area contributed by atoms with Crippen LogP contribution < -0.4 is 10.1 Å². The van der Waals surface area contributed by atoms with E-state index in [0.29, 0.717) is 22.2 Å². The maximum absolute atomic E-state index is 13.0. The molecular weight excluding hydrogens is 378 g/mol. The van der Waals surface area contributed by atoms with E-state index < -0.39 is 0 Å². The Bertz CT molecular complexity index is 1220. The van der Waals surface area contributed by atoms with E-state index in [-0.39, 0.29) is 17.5 Å². The number of ether oxygens (including phenoxy) is 1. The second kappa shape index (κ2) is 8.49. The van der Waals surface area contributed by atoms with Crippen molar-refractivity contribution in [1.82, 2.24) is 0 Å². The second-order valence-corrected chi connectivity index (χ2v) is 6.59. The van der Waals surface area contributed by atoms with Crippen molar-refractivity contribution in [3.8, 4) is 5.75 Å². The molecule has 0 unspecified atom stereocenters. The summed E-state index contributed by atoms with van der Waals surface area (Å²) in [6.45, 7) is 0. The molecule has 1 N–H and O–H groups in total. The molecule has 0 bridgehead atoms. The zero-order valence-corrected chi connectivity index (χ0v) is 16.3. The van der Waals surface area contributed by atoms with Gasteiger partial charge in [-0.2, -0.15) is 0 Å². The predicted octanol–water partition coefficient (Wildman–Crippen LogP) is 5.32. The third-order valence-electron chi connectivity index (χ3n) is 4.63. The van der Waals surface area contributed by atoms with Crippen LogP contribution in [0.3, 0.4) is 0 Å². The number of anilines is 1. The fourth-order valence-corrected chi connectivity index (χ4v) is 3.10. The van der Waals surface area contributed by atoms with Gasteiger partial charge in [-0.15, -0.1) is 0 Å². The quantitative estimate of drug-likeness (QED) is 0.353. The predicted molar refractivity (Wildman–Crippen MR) is 117 cm³/mol. The van der Waals surface area contributed by atoms with Crippen molar-refractivity contribution >= 4 is 34.4 Å². The summed E-state index contributed by atoms with van der Waals surface area (Å²) in [6.07, 6.45) is 3.11. The Morgan fingerprint density at radius 3 is 2.33 bits per heavy atom. The molecule has 0 fully saturated rings. The first-order chi connectivity index (χ1) is 14.7. The van der Waals surface area contributed by atoms with Gasteiger partial charge in [0.25, 0.3) is 0 Å². The SMILES string of the molecule is COc1ccc(/C=C/C(=O)Nc2c(C(=O)c3ccccc3)oc3ccccc23)cc1. The van der Waals surface area contributed by atoms with Crippen molar-refractivity contribution in [2.75, 3.05) is 12.4 Å². The third kappa shape index (κ3) is 4.00. The number of hydrogen-bond donors (Lipinski definition) is 1. The first-order valence-corrected chi connectivity index (χ1v) is 9.40. The van der Waals surface area contributed by atoms with Crippen LogP contribution in [-0.4, -0.2) is 18.8 Å². The Morgan fingerprint density at radius 2 is 1.60 bits per heavy atom. The maximum atomic E-state index is 13.0. The van der Waals surface area contributed by atoms with E-state index >= 15 is 0 Å². The molecule has 30 heavy (non-hydrogen) atoms. The van der Waals surface area contributed by atoms with E-state index in [1.165, 1.54) is 6.08 Å². The van der Waals surface area contributed by atoms with Crippen molar-refractivity contribution in [2.45, 2.75) is 0 Å². The van der Waals surface area contributed by atoms with Crippen LogP contribution in [-0.2, 0) is 4.79 Å². The summed E-state index contributed by atoms with van der Waals surface area (Å²) in [5.74, 6) is 0.194. The van der Waals surface area contributed by atoms with Crippen LogP contribution in [0, 0.1) is 0 Å². The van der Waals surface area contributed by atoms with Gasteiger partial charge in [0.2, 0.25) is 11.7 Å². The van der Waals surface area contributed by atoms with Crippen molar-refractivity contribution in [2.24, 2.45) is 0 Å². The van der Waals surface area contributed by atoms with Crippen molar-refractivity contribution in [1.29, 1.82) is 0 Å². The van der Waals surface area contributed by atoms with E-state index in [2.05, 4.69) is 5.32 Å². The van der Waals surface area contributed by atoms with Gasteiger partial charge in [0.1, 0.15) is 11.3 Å². The molecule has 0 aliphatic rings. The summed E-state index contributed by atoms with van der Waals surface area (Å²) in [7, 11) is 1.60. The minimum Gasteiger partial charge on any atom is -0.497 e. The van der Waals surface area contributed by atoms with Crippen LogP contribution in [0.2, 0.25) is 0 Å². The highest BCUT2D eigenvalue weighted by atomic mass is 16.5. The van der Waals surface area contributed by atoms with Gasteiger partial charge in [0, 0.05) is 17.0 Å². The largest absolute Gasteiger partial charge is 0.497 e. The average Bonchev–Trinajstić information content (AvgIpc) is 3.16. The van der Waals surface area contributed by atoms with Gasteiger partial charge in [0.15, 0.2) is 5.76 Å². The average molecular weight is 397 g/mol. The number of ketones is 1. The monoisotopic (exact) mass is 397 g/mol. The summed E-state index contributed by atoms with van der Waals surface area (Å²) in [5.41, 5.74) is 2.24. The normalized spacial score (nSPS) is 11.0. The number of amides is 1. The lowest BCUT2D eigenvalue weighted by Crippen LogP contribution is -2.11. The van der Waals surface area contributed by atoms with Gasteiger partial charge in [-0.25, -0.2) is 0 Å². The third-order valence-corrected chi connectivity index (χ3v) is 4.63. The van der Waals surface area contributed by atoms with E-state index in [0.717, 1.165) is 11.3 Å². The summed E-state index contributed by atoms with van der Waals surface area (Å²) in [5, 5.41) is 3.48. The molecule has 0 saturated heterocycles. The minimum atomic E-state index is -0.362. The van der Waals surface area contributed by atoms with E-state index in [1.807, 2.05) is 48.5 Å². The van der Waals surface area contributed by atoms with Crippen LogP contribution in [0.25, 0.3) is 17.0 Å². The highest BCUT2D eigenvalue weighted by Crippen LogP contribution is 2.32. The number of carbonyl (C=O) groups excluding carboxylic acids is 2. The van der Waals surface area contributed by atoms with E-state index in [1.54, 1.807) is 43.5 Å². The molecule has 5 heteroatoms. The Labute approximate surface area is 173 Å². The van der Waals surface area contributed by atoms with Crippen molar-refractivity contribution in [3.63, 3.8) is 0 Å². The molecule has 0 saturated carbocycles. The highest BCUT2D eigenvalue weighted by Gasteiger charge is 2.22. The second-order valence-electron chi connectivity index (χ2n) is 6.59. The van der Waals surface area contributed by atoms with Gasteiger partial charge in [-0.3, -0.25) is 9.59 Å². The standard InChI is InChI=1S/C25H19NO4/c1-29-19-14-11-17(12-15-19)13-16-22(27)26-23-20-9-5-6-10-21(20)30-25(23)24(28)18-7-3-2-4-8-18/h2-16H,1H3,(H,26,27)/b16-13+. The summed E-state index contributed by atoms with van der Waals surface area (Å²) in [4.78, 5) is 25.6. The van der Waals surface area contributed by atoms with Gasteiger partial charge in [-0.1, -0.05) is 54.6 Å². The summed E-state index contributed by atoms with van der Waals surface area (Å²) in [6, 6.07) is 23.4. The molecule has 0 aliphatic carbocycles. The molecule has 4 aromatic rings. The first kappa shape index (κ1) is 19.2. The Kier molecular flexibility index (Phi) is 5.44. The summed E-state index contributed by atoms with van der Waals surface area (Å²) >= 11 is 0. The first-order valence-electron chi connectivity index (χ1n) is 9.40. The lowest BCUT2D eigenvalue weighted by molar-refractivity contribution is -0.111. The van der Waals surface area contributed by atoms with Crippen LogP contribution >= 0.6 is 0 Å². The van der Waals surface area contributed by atoms with Crippen LogP contribution in [0.1, 0.15) is 21.7 Å². The molecule has 0 atom stereocenters. The van der Waals surface area contributed by atoms with Crippen molar-refractivity contribution < 1.29 is 18.7 Å². The van der Waals surface area contributed by atoms with E-state index in [9.17, 15) is 9.59 Å². The zero-order valence-electron chi connectivity index (χ0n) is 16.3. The molecule has 5 nitrogen and oxygen atoms in total. The molecule has 1 aromatic heterocycles. The topological polar surface area (TPSA) is 68.5 Å². The van der Waals surface area contributed by atoms with E-state index in [4.69, 9.17) is 9.15 Å². The Hall–Kier alpha value is -4.12. The molecule has 0 spiro atoms.